The van der Waals surface area contributed by atoms with Crippen molar-refractivity contribution in [3.63, 3.8) is 0 Å². The SMILES string of the molecule is CCOC(=O)[C@H]1[C@@H](C(C)(C)C)N1c1ccc(OC)cc1. The number of hydrogen-bond acceptors (Lipinski definition) is 4. The Morgan fingerprint density at radius 1 is 1.25 bits per heavy atom. The summed E-state index contributed by atoms with van der Waals surface area (Å²) in [6.45, 7) is 8.70. The Balaban J connectivity index is 2.21. The Morgan fingerprint density at radius 2 is 1.85 bits per heavy atom. The van der Waals surface area contributed by atoms with Gasteiger partial charge in [-0.3, -0.25) is 0 Å². The molecule has 1 saturated heterocycles. The number of carbonyl (C=O) groups is 1. The molecule has 0 spiro atoms. The van der Waals surface area contributed by atoms with Crippen LogP contribution in [0, 0.1) is 5.41 Å². The van der Waals surface area contributed by atoms with Crippen molar-refractivity contribution >= 4 is 11.7 Å². The van der Waals surface area contributed by atoms with Gasteiger partial charge in [-0.1, -0.05) is 20.8 Å². The summed E-state index contributed by atoms with van der Waals surface area (Å²) < 4.78 is 10.3. The molecule has 1 fully saturated rings. The minimum Gasteiger partial charge on any atom is -0.497 e. The number of anilines is 1. The van der Waals surface area contributed by atoms with Gasteiger partial charge in [-0.2, -0.15) is 0 Å². The van der Waals surface area contributed by atoms with E-state index in [1.165, 1.54) is 0 Å². The van der Waals surface area contributed by atoms with Gasteiger partial charge in [0, 0.05) is 5.69 Å². The summed E-state index contributed by atoms with van der Waals surface area (Å²) in [6, 6.07) is 7.79. The number of carbonyl (C=O) groups excluding carboxylic acids is 1. The summed E-state index contributed by atoms with van der Waals surface area (Å²) in [7, 11) is 1.64. The Labute approximate surface area is 120 Å². The first kappa shape index (κ1) is 14.7. The summed E-state index contributed by atoms with van der Waals surface area (Å²) in [4.78, 5) is 14.2. The van der Waals surface area contributed by atoms with E-state index in [0.29, 0.717) is 6.61 Å². The molecule has 0 unspecified atom stereocenters. The van der Waals surface area contributed by atoms with Gasteiger partial charge in [0.05, 0.1) is 19.8 Å². The zero-order valence-corrected chi connectivity index (χ0v) is 12.8. The maximum Gasteiger partial charge on any atom is 0.330 e. The third kappa shape index (κ3) is 2.74. The van der Waals surface area contributed by atoms with Crippen LogP contribution in [0.5, 0.6) is 5.75 Å². The summed E-state index contributed by atoms with van der Waals surface area (Å²) in [5.41, 5.74) is 1.06. The van der Waals surface area contributed by atoms with Crippen LogP contribution in [0.4, 0.5) is 5.69 Å². The Kier molecular flexibility index (Phi) is 3.93. The predicted octanol–water partition coefficient (Wildman–Crippen LogP) is 2.86. The molecule has 1 aliphatic rings. The molecule has 0 aromatic heterocycles. The standard InChI is InChI=1S/C16H23NO3/c1-6-20-15(18)13-14(16(2,3)4)17(13)11-7-9-12(19-5)10-8-11/h7-10,13-14H,6H2,1-5H3/t13-,14+,17?/m1/s1. The van der Waals surface area contributed by atoms with E-state index >= 15 is 0 Å². The highest BCUT2D eigenvalue weighted by Gasteiger charge is 2.58. The second kappa shape index (κ2) is 5.35. The maximum absolute atomic E-state index is 12.1. The van der Waals surface area contributed by atoms with Crippen LogP contribution in [-0.2, 0) is 9.53 Å². The smallest absolute Gasteiger partial charge is 0.330 e. The lowest BCUT2D eigenvalue weighted by Crippen LogP contribution is -2.22. The zero-order valence-electron chi connectivity index (χ0n) is 12.8. The maximum atomic E-state index is 12.1. The first-order valence-corrected chi connectivity index (χ1v) is 6.99. The molecule has 1 heterocycles. The first-order valence-electron chi connectivity index (χ1n) is 6.99. The number of methoxy groups -OCH3 is 1. The Morgan fingerprint density at radius 3 is 2.30 bits per heavy atom. The fourth-order valence-electron chi connectivity index (χ4n) is 2.67. The number of esters is 1. The summed E-state index contributed by atoms with van der Waals surface area (Å²) >= 11 is 0. The van der Waals surface area contributed by atoms with Gasteiger partial charge >= 0.3 is 5.97 Å². The molecule has 2 atom stereocenters. The molecule has 0 saturated carbocycles. The van der Waals surface area contributed by atoms with E-state index in [-0.39, 0.29) is 23.5 Å². The van der Waals surface area contributed by atoms with Gasteiger partial charge in [-0.05, 0) is 36.6 Å². The molecule has 4 heteroatoms. The summed E-state index contributed by atoms with van der Waals surface area (Å²) in [6.07, 6.45) is 0. The fraction of sp³-hybridized carbons (Fsp3) is 0.562. The van der Waals surface area contributed by atoms with Crippen molar-refractivity contribution in [3.05, 3.63) is 24.3 Å². The molecule has 1 aliphatic heterocycles. The van der Waals surface area contributed by atoms with Crippen LogP contribution in [0.15, 0.2) is 24.3 Å². The zero-order chi connectivity index (χ0) is 14.9. The molecular weight excluding hydrogens is 254 g/mol. The van der Waals surface area contributed by atoms with Crippen molar-refractivity contribution in [2.75, 3.05) is 18.6 Å². The molecule has 4 nitrogen and oxygen atoms in total. The molecule has 1 aromatic rings. The average Bonchev–Trinajstić information content (AvgIpc) is 3.14. The van der Waals surface area contributed by atoms with Crippen LogP contribution >= 0.6 is 0 Å². The number of ether oxygens (including phenoxy) is 2. The fourth-order valence-corrected chi connectivity index (χ4v) is 2.67. The molecule has 20 heavy (non-hydrogen) atoms. The van der Waals surface area contributed by atoms with E-state index in [9.17, 15) is 4.79 Å². The molecule has 2 rings (SSSR count). The lowest BCUT2D eigenvalue weighted by molar-refractivity contribution is -0.142. The number of nitrogens with zero attached hydrogens (tertiary/aromatic N) is 1. The molecule has 110 valence electrons. The molecular formula is C16H23NO3. The van der Waals surface area contributed by atoms with Crippen molar-refractivity contribution in [2.45, 2.75) is 39.8 Å². The van der Waals surface area contributed by atoms with E-state index in [4.69, 9.17) is 9.47 Å². The third-order valence-corrected chi connectivity index (χ3v) is 3.59. The Hall–Kier alpha value is -1.71. The largest absolute Gasteiger partial charge is 0.497 e. The molecule has 0 amide bonds. The van der Waals surface area contributed by atoms with Gasteiger partial charge in [-0.15, -0.1) is 0 Å². The lowest BCUT2D eigenvalue weighted by atomic mass is 9.90. The van der Waals surface area contributed by atoms with Gasteiger partial charge in [0.15, 0.2) is 0 Å². The van der Waals surface area contributed by atoms with Crippen molar-refractivity contribution in [1.82, 2.24) is 0 Å². The highest BCUT2D eigenvalue weighted by atomic mass is 16.5. The quantitative estimate of drug-likeness (QED) is 0.626. The second-order valence-corrected chi connectivity index (χ2v) is 6.11. The molecule has 1 aromatic carbocycles. The van der Waals surface area contributed by atoms with Gasteiger partial charge in [0.25, 0.3) is 0 Å². The van der Waals surface area contributed by atoms with E-state index < -0.39 is 0 Å². The van der Waals surface area contributed by atoms with Crippen LogP contribution in [0.1, 0.15) is 27.7 Å². The van der Waals surface area contributed by atoms with E-state index in [1.807, 2.05) is 31.2 Å². The van der Waals surface area contributed by atoms with Gasteiger partial charge in [-0.25, -0.2) is 4.79 Å². The summed E-state index contributed by atoms with van der Waals surface area (Å²) in [5.74, 6) is 0.679. The molecule has 0 N–H and O–H groups in total. The molecule has 0 radical (unpaired) electrons. The molecule has 0 aliphatic carbocycles. The topological polar surface area (TPSA) is 38.5 Å². The van der Waals surface area contributed by atoms with Crippen LogP contribution in [0.25, 0.3) is 0 Å². The van der Waals surface area contributed by atoms with Crippen molar-refractivity contribution < 1.29 is 14.3 Å². The average molecular weight is 277 g/mol. The first-order chi connectivity index (χ1) is 9.40. The molecule has 0 bridgehead atoms. The second-order valence-electron chi connectivity index (χ2n) is 6.11. The van der Waals surface area contributed by atoms with Gasteiger partial charge in [0.1, 0.15) is 11.8 Å². The monoisotopic (exact) mass is 277 g/mol. The van der Waals surface area contributed by atoms with Crippen molar-refractivity contribution in [3.8, 4) is 5.75 Å². The number of benzene rings is 1. The van der Waals surface area contributed by atoms with Gasteiger partial charge in [0.2, 0.25) is 0 Å². The van der Waals surface area contributed by atoms with E-state index in [1.54, 1.807) is 7.11 Å². The minimum absolute atomic E-state index is 0.0252. The van der Waals surface area contributed by atoms with Crippen molar-refractivity contribution in [1.29, 1.82) is 0 Å². The normalized spacial score (nSPS) is 21.6. The van der Waals surface area contributed by atoms with Gasteiger partial charge < -0.3 is 14.4 Å². The Bertz CT molecular complexity index is 475. The highest BCUT2D eigenvalue weighted by molar-refractivity contribution is 5.88. The summed E-state index contributed by atoms with van der Waals surface area (Å²) in [5, 5.41) is 0. The van der Waals surface area contributed by atoms with E-state index in [0.717, 1.165) is 11.4 Å². The predicted molar refractivity (Wildman–Crippen MR) is 79.1 cm³/mol. The van der Waals surface area contributed by atoms with Crippen molar-refractivity contribution in [2.24, 2.45) is 5.41 Å². The minimum atomic E-state index is -0.177. The number of rotatable bonds is 4. The lowest BCUT2D eigenvalue weighted by Gasteiger charge is -2.18. The van der Waals surface area contributed by atoms with Crippen LogP contribution in [0.2, 0.25) is 0 Å². The number of hydrogen-bond donors (Lipinski definition) is 0. The van der Waals surface area contributed by atoms with Crippen LogP contribution in [0.3, 0.4) is 0 Å². The third-order valence-electron chi connectivity index (χ3n) is 3.59. The van der Waals surface area contributed by atoms with Crippen LogP contribution < -0.4 is 9.64 Å². The van der Waals surface area contributed by atoms with E-state index in [2.05, 4.69) is 25.7 Å². The van der Waals surface area contributed by atoms with Crippen LogP contribution in [-0.4, -0.2) is 31.8 Å². The highest BCUT2D eigenvalue weighted by Crippen LogP contribution is 2.45.